The van der Waals surface area contributed by atoms with Crippen LogP contribution < -0.4 is 5.73 Å². The second kappa shape index (κ2) is 6.20. The van der Waals surface area contributed by atoms with E-state index in [0.29, 0.717) is 11.1 Å². The molecular formula is C14H22N2O2S2. The zero-order valence-corrected chi connectivity index (χ0v) is 14.0. The van der Waals surface area contributed by atoms with Crippen molar-refractivity contribution in [3.05, 3.63) is 35.4 Å². The van der Waals surface area contributed by atoms with Gasteiger partial charge < -0.3 is 5.73 Å². The minimum absolute atomic E-state index is 0.0522. The molecule has 0 saturated heterocycles. The van der Waals surface area contributed by atoms with Crippen molar-refractivity contribution < 1.29 is 8.42 Å². The van der Waals surface area contributed by atoms with Gasteiger partial charge in [0, 0.05) is 18.2 Å². The summed E-state index contributed by atoms with van der Waals surface area (Å²) in [6, 6.07) is 7.04. The molecule has 0 bridgehead atoms. The summed E-state index contributed by atoms with van der Waals surface area (Å²) in [6.07, 6.45) is 0.746. The molecule has 2 N–H and O–H groups in total. The third-order valence-electron chi connectivity index (χ3n) is 3.70. The average Bonchev–Trinajstić information content (AvgIpc) is 2.37. The molecule has 0 atom stereocenters. The van der Waals surface area contributed by atoms with Crippen LogP contribution in [-0.4, -0.2) is 30.3 Å². The molecule has 20 heavy (non-hydrogen) atoms. The van der Waals surface area contributed by atoms with Crippen LogP contribution in [0.25, 0.3) is 0 Å². The van der Waals surface area contributed by atoms with E-state index in [0.717, 1.165) is 6.42 Å². The number of nitrogens with zero attached hydrogens (tertiary/aromatic N) is 1. The van der Waals surface area contributed by atoms with E-state index in [4.69, 9.17) is 18.0 Å². The van der Waals surface area contributed by atoms with Crippen LogP contribution in [0.1, 0.15) is 38.3 Å². The minimum atomic E-state index is -3.38. The van der Waals surface area contributed by atoms with Gasteiger partial charge in [-0.25, -0.2) is 8.42 Å². The van der Waals surface area contributed by atoms with Gasteiger partial charge in [-0.1, -0.05) is 37.3 Å². The molecule has 1 rings (SSSR count). The van der Waals surface area contributed by atoms with Crippen molar-refractivity contribution in [3.8, 4) is 0 Å². The van der Waals surface area contributed by atoms with Crippen molar-refractivity contribution in [2.75, 3.05) is 7.05 Å². The number of hydrogen-bond donors (Lipinski definition) is 1. The van der Waals surface area contributed by atoms with E-state index in [1.54, 1.807) is 31.3 Å². The molecule has 112 valence electrons. The Balaban J connectivity index is 3.03. The minimum Gasteiger partial charge on any atom is -0.389 e. The first-order valence-corrected chi connectivity index (χ1v) is 8.47. The standard InChI is InChI=1S/C14H22N2O2S2/c1-5-14(2,3)16(4)20(17,18)10-11-7-6-8-12(9-11)13(15)19/h6-9H,5,10H2,1-4H3,(H2,15,19). The first-order chi connectivity index (χ1) is 9.10. The lowest BCUT2D eigenvalue weighted by molar-refractivity contribution is 0.257. The smallest absolute Gasteiger partial charge is 0.218 e. The zero-order chi connectivity index (χ0) is 15.6. The number of rotatable bonds is 6. The second-order valence-corrected chi connectivity index (χ2v) is 7.89. The van der Waals surface area contributed by atoms with Crippen molar-refractivity contribution in [1.82, 2.24) is 4.31 Å². The molecule has 0 amide bonds. The molecule has 0 saturated carbocycles. The molecule has 6 heteroatoms. The van der Waals surface area contributed by atoms with E-state index in [-0.39, 0.29) is 10.7 Å². The van der Waals surface area contributed by atoms with E-state index in [1.165, 1.54) is 4.31 Å². The third-order valence-corrected chi connectivity index (χ3v) is 5.96. The fourth-order valence-electron chi connectivity index (χ4n) is 1.72. The normalized spacial score (nSPS) is 12.7. The largest absolute Gasteiger partial charge is 0.389 e. The Bertz CT molecular complexity index is 595. The summed E-state index contributed by atoms with van der Waals surface area (Å²) in [5.41, 5.74) is 6.54. The van der Waals surface area contributed by atoms with Gasteiger partial charge in [0.25, 0.3) is 0 Å². The molecular weight excluding hydrogens is 292 g/mol. The molecule has 0 heterocycles. The Morgan fingerprint density at radius 2 is 2.00 bits per heavy atom. The first-order valence-electron chi connectivity index (χ1n) is 6.45. The quantitative estimate of drug-likeness (QED) is 0.818. The number of hydrogen-bond acceptors (Lipinski definition) is 3. The summed E-state index contributed by atoms with van der Waals surface area (Å²) in [5.74, 6) is -0.0522. The lowest BCUT2D eigenvalue weighted by Gasteiger charge is -2.33. The van der Waals surface area contributed by atoms with Crippen LogP contribution >= 0.6 is 12.2 Å². The lowest BCUT2D eigenvalue weighted by atomic mass is 10.0. The molecule has 0 aliphatic heterocycles. The van der Waals surface area contributed by atoms with Gasteiger partial charge in [0.1, 0.15) is 4.99 Å². The molecule has 1 aromatic carbocycles. The van der Waals surface area contributed by atoms with Crippen molar-refractivity contribution in [3.63, 3.8) is 0 Å². The fraction of sp³-hybridized carbons (Fsp3) is 0.500. The number of benzene rings is 1. The van der Waals surface area contributed by atoms with Gasteiger partial charge in [-0.05, 0) is 31.9 Å². The van der Waals surface area contributed by atoms with Crippen LogP contribution in [0.4, 0.5) is 0 Å². The summed E-state index contributed by atoms with van der Waals surface area (Å²) in [5, 5.41) is 0. The molecule has 1 aromatic rings. The highest BCUT2D eigenvalue weighted by Gasteiger charge is 2.31. The zero-order valence-electron chi connectivity index (χ0n) is 12.4. The van der Waals surface area contributed by atoms with E-state index in [1.807, 2.05) is 20.8 Å². The molecule has 0 fully saturated rings. The highest BCUT2D eigenvalue weighted by molar-refractivity contribution is 7.88. The molecule has 4 nitrogen and oxygen atoms in total. The Kier molecular flexibility index (Phi) is 5.29. The van der Waals surface area contributed by atoms with E-state index in [2.05, 4.69) is 0 Å². The molecule has 0 radical (unpaired) electrons. The Labute approximate surface area is 127 Å². The maximum absolute atomic E-state index is 12.4. The van der Waals surface area contributed by atoms with Crippen molar-refractivity contribution in [2.24, 2.45) is 5.73 Å². The summed E-state index contributed by atoms with van der Waals surface area (Å²) < 4.78 is 26.3. The highest BCUT2D eigenvalue weighted by atomic mass is 32.2. The van der Waals surface area contributed by atoms with Gasteiger partial charge in [-0.3, -0.25) is 0 Å². The third kappa shape index (κ3) is 4.01. The van der Waals surface area contributed by atoms with E-state index in [9.17, 15) is 8.42 Å². The van der Waals surface area contributed by atoms with Gasteiger partial charge in [-0.2, -0.15) is 4.31 Å². The summed E-state index contributed by atoms with van der Waals surface area (Å²) in [4.78, 5) is 0.270. The Morgan fingerprint density at radius 3 is 2.50 bits per heavy atom. The van der Waals surface area contributed by atoms with Gasteiger partial charge in [-0.15, -0.1) is 0 Å². The molecule has 0 aliphatic rings. The van der Waals surface area contributed by atoms with Crippen LogP contribution in [0.2, 0.25) is 0 Å². The van der Waals surface area contributed by atoms with E-state index < -0.39 is 15.6 Å². The molecule has 0 aromatic heterocycles. The van der Waals surface area contributed by atoms with Crippen LogP contribution in [0.15, 0.2) is 24.3 Å². The topological polar surface area (TPSA) is 63.4 Å². The summed E-state index contributed by atoms with van der Waals surface area (Å²) in [6.45, 7) is 5.80. The second-order valence-electron chi connectivity index (χ2n) is 5.45. The molecule has 0 unspecified atom stereocenters. The fourth-order valence-corrected chi connectivity index (χ4v) is 3.52. The molecule has 0 aliphatic carbocycles. The maximum atomic E-state index is 12.4. The number of thiocarbonyl (C=S) groups is 1. The lowest BCUT2D eigenvalue weighted by Crippen LogP contribution is -2.44. The van der Waals surface area contributed by atoms with Crippen LogP contribution in [-0.2, 0) is 15.8 Å². The van der Waals surface area contributed by atoms with Crippen molar-refractivity contribution in [1.29, 1.82) is 0 Å². The van der Waals surface area contributed by atoms with Gasteiger partial charge >= 0.3 is 0 Å². The van der Waals surface area contributed by atoms with Crippen molar-refractivity contribution in [2.45, 2.75) is 38.5 Å². The van der Waals surface area contributed by atoms with Crippen molar-refractivity contribution >= 4 is 27.2 Å². The van der Waals surface area contributed by atoms with Gasteiger partial charge in [0.2, 0.25) is 10.0 Å². The SMILES string of the molecule is CCC(C)(C)N(C)S(=O)(=O)Cc1cccc(C(N)=S)c1. The first kappa shape index (κ1) is 17.1. The number of sulfonamides is 1. The van der Waals surface area contributed by atoms with Crippen LogP contribution in [0.5, 0.6) is 0 Å². The maximum Gasteiger partial charge on any atom is 0.218 e. The monoisotopic (exact) mass is 314 g/mol. The van der Waals surface area contributed by atoms with Gasteiger partial charge in [0.05, 0.1) is 5.75 Å². The molecule has 0 spiro atoms. The van der Waals surface area contributed by atoms with Crippen LogP contribution in [0, 0.1) is 0 Å². The summed E-state index contributed by atoms with van der Waals surface area (Å²) in [7, 11) is -1.76. The van der Waals surface area contributed by atoms with Gasteiger partial charge in [0.15, 0.2) is 0 Å². The highest BCUT2D eigenvalue weighted by Crippen LogP contribution is 2.22. The Hall–Kier alpha value is -0.980. The van der Waals surface area contributed by atoms with E-state index >= 15 is 0 Å². The number of nitrogens with two attached hydrogens (primary N) is 1. The average molecular weight is 314 g/mol. The predicted octanol–water partition coefficient (Wildman–Crippen LogP) is 2.27. The predicted molar refractivity (Wildman–Crippen MR) is 87.1 cm³/mol. The summed E-state index contributed by atoms with van der Waals surface area (Å²) >= 11 is 4.91. The van der Waals surface area contributed by atoms with Crippen LogP contribution in [0.3, 0.4) is 0 Å². The Morgan fingerprint density at radius 1 is 1.40 bits per heavy atom.